The molecule has 0 aromatic carbocycles. The van der Waals surface area contributed by atoms with Gasteiger partial charge >= 0.3 is 0 Å². The number of allylic oxidation sites excluding steroid dienone is 1. The molecule has 1 saturated carbocycles. The molecule has 0 radical (unpaired) electrons. The molecular weight excluding hydrogens is 316 g/mol. The highest BCUT2D eigenvalue weighted by Gasteiger charge is 2.61. The fourth-order valence-corrected chi connectivity index (χ4v) is 6.04. The van der Waals surface area contributed by atoms with Gasteiger partial charge in [-0.05, 0) is 32.3 Å². The van der Waals surface area contributed by atoms with E-state index in [1.807, 2.05) is 19.9 Å². The highest BCUT2D eigenvalue weighted by atomic mass is 16.5. The zero-order chi connectivity index (χ0) is 18.4. The first-order valence-electron chi connectivity index (χ1n) is 9.53. The molecule has 0 aromatic rings. The first kappa shape index (κ1) is 17.4. The van der Waals surface area contributed by atoms with E-state index in [4.69, 9.17) is 4.74 Å². The van der Waals surface area contributed by atoms with E-state index in [2.05, 4.69) is 20.8 Å². The van der Waals surface area contributed by atoms with Gasteiger partial charge in [0.2, 0.25) is 0 Å². The predicted molar refractivity (Wildman–Crippen MR) is 94.9 cm³/mol. The summed E-state index contributed by atoms with van der Waals surface area (Å²) in [6.45, 7) is 10.6. The molecule has 3 unspecified atom stereocenters. The van der Waals surface area contributed by atoms with E-state index < -0.39 is 22.5 Å². The second-order valence-electron chi connectivity index (χ2n) is 9.36. The highest BCUT2D eigenvalue weighted by molar-refractivity contribution is 5.93. The Kier molecular flexibility index (Phi) is 3.53. The summed E-state index contributed by atoms with van der Waals surface area (Å²) in [5.74, 6) is -0.0800. The molecule has 4 rings (SSSR count). The van der Waals surface area contributed by atoms with Crippen molar-refractivity contribution < 1.29 is 19.7 Å². The lowest BCUT2D eigenvalue weighted by molar-refractivity contribution is -0.171. The van der Waals surface area contributed by atoms with Gasteiger partial charge < -0.3 is 14.9 Å². The number of carbonyl (C=O) groups is 1. The van der Waals surface area contributed by atoms with Crippen LogP contribution in [0, 0.1) is 22.7 Å². The van der Waals surface area contributed by atoms with Crippen LogP contribution in [0.4, 0.5) is 0 Å². The molecule has 25 heavy (non-hydrogen) atoms. The maximum absolute atomic E-state index is 13.6. The van der Waals surface area contributed by atoms with Crippen molar-refractivity contribution in [3.8, 4) is 0 Å². The first-order chi connectivity index (χ1) is 11.5. The summed E-state index contributed by atoms with van der Waals surface area (Å²) in [7, 11) is 0. The normalized spacial score (nSPS) is 50.7. The summed E-state index contributed by atoms with van der Waals surface area (Å²) in [4.78, 5) is 13.6. The van der Waals surface area contributed by atoms with E-state index in [0.717, 1.165) is 17.6 Å². The molecule has 2 fully saturated rings. The molecular formula is C21H30O4. The average molecular weight is 346 g/mol. The molecule has 1 saturated heterocycles. The fraction of sp³-hybridized carbons (Fsp3) is 0.762. The van der Waals surface area contributed by atoms with Gasteiger partial charge in [0.15, 0.2) is 5.78 Å². The molecule has 138 valence electrons. The van der Waals surface area contributed by atoms with Crippen LogP contribution in [0.5, 0.6) is 0 Å². The van der Waals surface area contributed by atoms with Gasteiger partial charge in [-0.1, -0.05) is 38.0 Å². The minimum Gasteiger partial charge on any atom is -0.392 e. The Hall–Kier alpha value is -0.970. The lowest BCUT2D eigenvalue weighted by Crippen LogP contribution is -2.62. The van der Waals surface area contributed by atoms with Crippen molar-refractivity contribution >= 4 is 5.78 Å². The maximum Gasteiger partial charge on any atom is 0.152 e. The average Bonchev–Trinajstić information content (AvgIpc) is 2.51. The van der Waals surface area contributed by atoms with Crippen LogP contribution in [0.1, 0.15) is 53.9 Å². The predicted octanol–water partition coefficient (Wildman–Crippen LogP) is 2.79. The third-order valence-electron chi connectivity index (χ3n) is 7.89. The molecule has 4 heteroatoms. The van der Waals surface area contributed by atoms with Crippen LogP contribution in [0.15, 0.2) is 22.8 Å². The van der Waals surface area contributed by atoms with E-state index in [1.165, 1.54) is 5.57 Å². The van der Waals surface area contributed by atoms with Gasteiger partial charge in [0.1, 0.15) is 0 Å². The molecule has 3 aliphatic carbocycles. The number of carbonyl (C=O) groups excluding carboxylic acids is 1. The van der Waals surface area contributed by atoms with Crippen molar-refractivity contribution in [2.45, 2.75) is 71.7 Å². The van der Waals surface area contributed by atoms with Gasteiger partial charge in [-0.25, -0.2) is 0 Å². The van der Waals surface area contributed by atoms with E-state index in [0.29, 0.717) is 19.4 Å². The Morgan fingerprint density at radius 1 is 1.28 bits per heavy atom. The lowest BCUT2D eigenvalue weighted by atomic mass is 9.50. The van der Waals surface area contributed by atoms with Gasteiger partial charge in [0, 0.05) is 23.7 Å². The molecule has 1 heterocycles. The summed E-state index contributed by atoms with van der Waals surface area (Å²) in [6.07, 6.45) is 3.12. The molecule has 2 bridgehead atoms. The molecule has 0 aromatic heterocycles. The minimum atomic E-state index is -0.995. The first-order valence-corrected chi connectivity index (χ1v) is 9.53. The van der Waals surface area contributed by atoms with Gasteiger partial charge in [-0.15, -0.1) is 0 Å². The smallest absolute Gasteiger partial charge is 0.152 e. The molecule has 6 atom stereocenters. The van der Waals surface area contributed by atoms with Gasteiger partial charge in [-0.3, -0.25) is 4.79 Å². The Bertz CT molecular complexity index is 703. The van der Waals surface area contributed by atoms with E-state index in [9.17, 15) is 15.0 Å². The molecule has 0 amide bonds. The van der Waals surface area contributed by atoms with Gasteiger partial charge in [-0.2, -0.15) is 0 Å². The lowest BCUT2D eigenvalue weighted by Gasteiger charge is -2.58. The number of fused-ring (bicyclic) bond motifs is 5. The number of Topliss-reactive ketones (excluding diaryl/α,β-unsaturated/α-hetero) is 1. The third-order valence-corrected chi connectivity index (χ3v) is 7.89. The van der Waals surface area contributed by atoms with Crippen LogP contribution in [-0.2, 0) is 9.53 Å². The number of ketones is 1. The monoisotopic (exact) mass is 346 g/mol. The van der Waals surface area contributed by atoms with Gasteiger partial charge in [0.25, 0.3) is 0 Å². The van der Waals surface area contributed by atoms with Crippen LogP contribution in [0.25, 0.3) is 0 Å². The standard InChI is InChI=1S/C21H30O4/c1-11-6-7-21(24)9-14-13-10-25-15(13)8-16(22)20(14,5)18(23)12(2)17(11)19(21,3)4/h9,12-13,15-16,22,24H,6-8,10H2,1-5H3/b14-9-/t12?,13?,15?,16-,20-,21+/m0/s1. The highest BCUT2D eigenvalue weighted by Crippen LogP contribution is 2.59. The van der Waals surface area contributed by atoms with Crippen molar-refractivity contribution in [3.05, 3.63) is 22.8 Å². The minimum absolute atomic E-state index is 0.0242. The number of hydrogen-bond donors (Lipinski definition) is 2. The molecule has 4 aliphatic rings. The molecule has 0 spiro atoms. The summed E-state index contributed by atoms with van der Waals surface area (Å²) in [5, 5.41) is 22.6. The van der Waals surface area contributed by atoms with Crippen LogP contribution in [0.2, 0.25) is 0 Å². The molecule has 4 nitrogen and oxygen atoms in total. The fourth-order valence-electron chi connectivity index (χ4n) is 6.04. The summed E-state index contributed by atoms with van der Waals surface area (Å²) < 4.78 is 5.64. The van der Waals surface area contributed by atoms with Crippen molar-refractivity contribution in [1.29, 1.82) is 0 Å². The van der Waals surface area contributed by atoms with Crippen LogP contribution in [-0.4, -0.2) is 40.4 Å². The van der Waals surface area contributed by atoms with Crippen LogP contribution >= 0.6 is 0 Å². The Morgan fingerprint density at radius 2 is 1.96 bits per heavy atom. The number of aliphatic hydroxyl groups excluding tert-OH is 1. The zero-order valence-corrected chi connectivity index (χ0v) is 15.9. The van der Waals surface area contributed by atoms with Crippen molar-refractivity contribution in [2.24, 2.45) is 22.7 Å². The Balaban J connectivity index is 2.00. The summed E-state index contributed by atoms with van der Waals surface area (Å²) in [6, 6.07) is 0. The number of rotatable bonds is 0. The van der Waals surface area contributed by atoms with Crippen molar-refractivity contribution in [1.82, 2.24) is 0 Å². The quantitative estimate of drug-likeness (QED) is 0.662. The number of hydrogen-bond acceptors (Lipinski definition) is 4. The molecule has 1 aliphatic heterocycles. The summed E-state index contributed by atoms with van der Waals surface area (Å²) in [5.41, 5.74) is 0.755. The van der Waals surface area contributed by atoms with Gasteiger partial charge in [0.05, 0.1) is 29.8 Å². The van der Waals surface area contributed by atoms with Crippen molar-refractivity contribution in [3.63, 3.8) is 0 Å². The largest absolute Gasteiger partial charge is 0.392 e. The van der Waals surface area contributed by atoms with E-state index in [-0.39, 0.29) is 23.7 Å². The van der Waals surface area contributed by atoms with E-state index in [1.54, 1.807) is 0 Å². The zero-order valence-electron chi connectivity index (χ0n) is 15.9. The topological polar surface area (TPSA) is 66.8 Å². The van der Waals surface area contributed by atoms with Crippen LogP contribution in [0.3, 0.4) is 0 Å². The third kappa shape index (κ3) is 1.96. The second-order valence-corrected chi connectivity index (χ2v) is 9.36. The summed E-state index contributed by atoms with van der Waals surface area (Å²) >= 11 is 0. The molecule has 2 N–H and O–H groups in total. The Morgan fingerprint density at radius 3 is 2.56 bits per heavy atom. The SMILES string of the molecule is CC1=C2C(C)C(=O)[C@@]3(C)/C(=C\[C@](O)(CC1)C2(C)C)C1COC1C[C@@H]3O. The number of aliphatic hydroxyl groups is 2. The second kappa shape index (κ2) is 5.05. The van der Waals surface area contributed by atoms with E-state index >= 15 is 0 Å². The number of ether oxygens (including phenoxy) is 1. The Labute approximate surface area is 149 Å². The van der Waals surface area contributed by atoms with Crippen molar-refractivity contribution in [2.75, 3.05) is 6.61 Å². The van der Waals surface area contributed by atoms with Crippen LogP contribution < -0.4 is 0 Å². The maximum atomic E-state index is 13.6.